The molecule has 3 N–H and O–H groups in total. The first-order valence-corrected chi connectivity index (χ1v) is 10.2. The summed E-state index contributed by atoms with van der Waals surface area (Å²) in [6.45, 7) is 4.73. The van der Waals surface area contributed by atoms with E-state index in [1.54, 1.807) is 11.1 Å². The first-order valence-electron chi connectivity index (χ1n) is 10.2. The predicted octanol–water partition coefficient (Wildman–Crippen LogP) is 0.883. The van der Waals surface area contributed by atoms with Gasteiger partial charge >= 0.3 is 0 Å². The Morgan fingerprint density at radius 3 is 2.87 bits per heavy atom. The number of aromatic nitrogens is 2. The Labute approximate surface area is 173 Å². The van der Waals surface area contributed by atoms with Crippen molar-refractivity contribution in [3.63, 3.8) is 0 Å². The van der Waals surface area contributed by atoms with Gasteiger partial charge in [0.25, 0.3) is 5.91 Å². The highest BCUT2D eigenvalue weighted by molar-refractivity contribution is 6.06. The van der Waals surface area contributed by atoms with Gasteiger partial charge in [0.1, 0.15) is 6.04 Å². The minimum atomic E-state index is -0.609. The van der Waals surface area contributed by atoms with Gasteiger partial charge in [0.15, 0.2) is 5.82 Å². The molecule has 0 spiro atoms. The number of carbonyl (C=O) groups is 3. The summed E-state index contributed by atoms with van der Waals surface area (Å²) in [6, 6.07) is 5.23. The lowest BCUT2D eigenvalue weighted by atomic mass is 10.0. The number of amides is 3. The quantitative estimate of drug-likeness (QED) is 0.729. The average molecular weight is 408 g/mol. The number of imide groups is 1. The zero-order valence-electron chi connectivity index (χ0n) is 16.8. The Bertz CT molecular complexity index is 1060. The van der Waals surface area contributed by atoms with Gasteiger partial charge in [-0.1, -0.05) is 25.1 Å². The molecule has 5 rings (SSSR count). The zero-order chi connectivity index (χ0) is 21.0. The SMILES string of the molecule is CC1CN(Cc2cccc3c2C(=O)N(C2CCC(=O)NC2=O)C3)c2c(N)cnn2C1. The summed E-state index contributed by atoms with van der Waals surface area (Å²) in [6.07, 6.45) is 2.28. The zero-order valence-corrected chi connectivity index (χ0v) is 16.8. The molecule has 1 aromatic heterocycles. The van der Waals surface area contributed by atoms with E-state index in [0.29, 0.717) is 36.7 Å². The predicted molar refractivity (Wildman–Crippen MR) is 109 cm³/mol. The molecule has 30 heavy (non-hydrogen) atoms. The molecule has 2 atom stereocenters. The highest BCUT2D eigenvalue weighted by atomic mass is 16.2. The van der Waals surface area contributed by atoms with Crippen LogP contribution in [0, 0.1) is 5.92 Å². The van der Waals surface area contributed by atoms with E-state index in [2.05, 4.69) is 22.2 Å². The lowest BCUT2D eigenvalue weighted by molar-refractivity contribution is -0.136. The van der Waals surface area contributed by atoms with E-state index in [4.69, 9.17) is 5.73 Å². The number of nitrogens with one attached hydrogen (secondary N) is 1. The third-order valence-electron chi connectivity index (χ3n) is 6.16. The maximum Gasteiger partial charge on any atom is 0.255 e. The summed E-state index contributed by atoms with van der Waals surface area (Å²) in [7, 11) is 0. The van der Waals surface area contributed by atoms with Crippen LogP contribution in [0.5, 0.6) is 0 Å². The van der Waals surface area contributed by atoms with Crippen LogP contribution in [-0.4, -0.2) is 45.0 Å². The molecule has 3 aliphatic rings. The number of nitrogen functional groups attached to an aromatic ring is 1. The van der Waals surface area contributed by atoms with Crippen LogP contribution < -0.4 is 16.0 Å². The van der Waals surface area contributed by atoms with Crippen LogP contribution in [0.1, 0.15) is 41.3 Å². The van der Waals surface area contributed by atoms with E-state index < -0.39 is 11.9 Å². The molecule has 156 valence electrons. The number of nitrogens with zero attached hydrogens (tertiary/aromatic N) is 4. The van der Waals surface area contributed by atoms with Gasteiger partial charge in [-0.15, -0.1) is 0 Å². The highest BCUT2D eigenvalue weighted by Gasteiger charge is 2.40. The van der Waals surface area contributed by atoms with E-state index >= 15 is 0 Å². The van der Waals surface area contributed by atoms with Crippen molar-refractivity contribution in [2.24, 2.45) is 5.92 Å². The van der Waals surface area contributed by atoms with Crippen LogP contribution in [0.2, 0.25) is 0 Å². The third kappa shape index (κ3) is 2.92. The molecule has 2 unspecified atom stereocenters. The van der Waals surface area contributed by atoms with Crippen molar-refractivity contribution in [1.29, 1.82) is 0 Å². The molecule has 1 aromatic carbocycles. The van der Waals surface area contributed by atoms with Gasteiger partial charge in [0.2, 0.25) is 11.8 Å². The largest absolute Gasteiger partial charge is 0.394 e. The number of piperidine rings is 1. The number of nitrogens with two attached hydrogens (primary N) is 1. The molecular weight excluding hydrogens is 384 g/mol. The lowest BCUT2D eigenvalue weighted by Crippen LogP contribution is -2.52. The molecule has 0 radical (unpaired) electrons. The van der Waals surface area contributed by atoms with Crippen LogP contribution in [-0.2, 0) is 29.2 Å². The molecular formula is C21H24N6O3. The maximum atomic E-state index is 13.3. The van der Waals surface area contributed by atoms with Gasteiger partial charge in [-0.3, -0.25) is 19.7 Å². The maximum absolute atomic E-state index is 13.3. The van der Waals surface area contributed by atoms with Crippen molar-refractivity contribution in [2.45, 2.75) is 45.4 Å². The topological polar surface area (TPSA) is 114 Å². The van der Waals surface area contributed by atoms with Crippen LogP contribution in [0.4, 0.5) is 11.5 Å². The number of hydrogen-bond donors (Lipinski definition) is 2. The monoisotopic (exact) mass is 408 g/mol. The van der Waals surface area contributed by atoms with E-state index in [0.717, 1.165) is 30.0 Å². The van der Waals surface area contributed by atoms with Gasteiger partial charge in [-0.05, 0) is 23.5 Å². The van der Waals surface area contributed by atoms with Crippen LogP contribution in [0.25, 0.3) is 0 Å². The Balaban J connectivity index is 1.44. The molecule has 2 aromatic rings. The summed E-state index contributed by atoms with van der Waals surface area (Å²) in [5, 5.41) is 6.73. The summed E-state index contributed by atoms with van der Waals surface area (Å²) in [5.41, 5.74) is 9.27. The molecule has 1 fully saturated rings. The number of rotatable bonds is 3. The molecule has 3 amide bonds. The number of carbonyl (C=O) groups excluding carboxylic acids is 3. The third-order valence-corrected chi connectivity index (χ3v) is 6.16. The Morgan fingerprint density at radius 2 is 2.07 bits per heavy atom. The van der Waals surface area contributed by atoms with Crippen LogP contribution in [0.3, 0.4) is 0 Å². The fourth-order valence-corrected chi connectivity index (χ4v) is 4.86. The van der Waals surface area contributed by atoms with Gasteiger partial charge in [0, 0.05) is 38.2 Å². The number of benzene rings is 1. The first kappa shape index (κ1) is 18.7. The second kappa shape index (κ2) is 6.86. The minimum Gasteiger partial charge on any atom is -0.394 e. The normalized spacial score (nSPS) is 23.4. The summed E-state index contributed by atoms with van der Waals surface area (Å²) in [4.78, 5) is 40.9. The van der Waals surface area contributed by atoms with Crippen LogP contribution in [0.15, 0.2) is 24.4 Å². The van der Waals surface area contributed by atoms with Gasteiger partial charge in [-0.2, -0.15) is 5.10 Å². The molecule has 1 saturated heterocycles. The number of fused-ring (bicyclic) bond motifs is 2. The molecule has 9 nitrogen and oxygen atoms in total. The molecule has 0 aliphatic carbocycles. The second-order valence-electron chi connectivity index (χ2n) is 8.44. The van der Waals surface area contributed by atoms with Crippen molar-refractivity contribution < 1.29 is 14.4 Å². The van der Waals surface area contributed by atoms with Crippen molar-refractivity contribution >= 4 is 29.2 Å². The fraction of sp³-hybridized carbons (Fsp3) is 0.429. The number of hydrogen-bond acceptors (Lipinski definition) is 6. The van der Waals surface area contributed by atoms with Gasteiger partial charge in [0.05, 0.1) is 11.9 Å². The van der Waals surface area contributed by atoms with E-state index in [1.807, 2.05) is 22.9 Å². The fourth-order valence-electron chi connectivity index (χ4n) is 4.86. The molecule has 9 heteroatoms. The van der Waals surface area contributed by atoms with Crippen molar-refractivity contribution in [3.05, 3.63) is 41.1 Å². The summed E-state index contributed by atoms with van der Waals surface area (Å²) < 4.78 is 1.92. The summed E-state index contributed by atoms with van der Waals surface area (Å²) in [5.74, 6) is 0.467. The average Bonchev–Trinajstić information content (AvgIpc) is 3.23. The Hall–Kier alpha value is -3.36. The van der Waals surface area contributed by atoms with Gasteiger partial charge in [-0.25, -0.2) is 4.68 Å². The van der Waals surface area contributed by atoms with E-state index in [-0.39, 0.29) is 18.2 Å². The molecule has 0 bridgehead atoms. The van der Waals surface area contributed by atoms with Crippen molar-refractivity contribution in [3.8, 4) is 0 Å². The molecule has 3 aliphatic heterocycles. The lowest BCUT2D eigenvalue weighted by Gasteiger charge is -2.34. The highest BCUT2D eigenvalue weighted by Crippen LogP contribution is 2.34. The Morgan fingerprint density at radius 1 is 1.23 bits per heavy atom. The minimum absolute atomic E-state index is 0.151. The number of anilines is 2. The second-order valence-corrected chi connectivity index (χ2v) is 8.44. The smallest absolute Gasteiger partial charge is 0.255 e. The van der Waals surface area contributed by atoms with E-state index in [1.165, 1.54) is 0 Å². The van der Waals surface area contributed by atoms with Gasteiger partial charge < -0.3 is 15.5 Å². The van der Waals surface area contributed by atoms with Crippen molar-refractivity contribution in [2.75, 3.05) is 17.2 Å². The van der Waals surface area contributed by atoms with Crippen molar-refractivity contribution in [1.82, 2.24) is 20.0 Å². The molecule has 4 heterocycles. The summed E-state index contributed by atoms with van der Waals surface area (Å²) >= 11 is 0. The first-order chi connectivity index (χ1) is 14.4. The van der Waals surface area contributed by atoms with E-state index in [9.17, 15) is 14.4 Å². The standard InChI is InChI=1S/C21H24N6O3/c1-12-8-25(20-15(22)7-23-27(20)9-12)10-13-3-2-4-14-11-26(21(30)18(13)14)16-5-6-17(28)24-19(16)29/h2-4,7,12,16H,5-6,8-11,22H2,1H3,(H,24,28,29). The van der Waals surface area contributed by atoms with Crippen LogP contribution >= 0.6 is 0 Å². The Kier molecular flexibility index (Phi) is 4.27. The molecule has 0 saturated carbocycles.